The van der Waals surface area contributed by atoms with Gasteiger partial charge in [-0.25, -0.2) is 4.98 Å². The van der Waals surface area contributed by atoms with Crippen molar-refractivity contribution in [3.63, 3.8) is 0 Å². The highest BCUT2D eigenvalue weighted by atomic mass is 15.1. The van der Waals surface area contributed by atoms with E-state index in [0.29, 0.717) is 11.6 Å². The number of aromatic nitrogens is 2. The molecule has 1 aromatic heterocycles. The van der Waals surface area contributed by atoms with E-state index in [1.807, 2.05) is 36.8 Å². The molecular weight excluding hydrogens is 224 g/mol. The lowest BCUT2D eigenvalue weighted by molar-refractivity contribution is 0.615. The molecule has 1 unspecified atom stereocenters. The van der Waals surface area contributed by atoms with Crippen LogP contribution in [0.3, 0.4) is 0 Å². The fourth-order valence-electron chi connectivity index (χ4n) is 2.44. The third kappa shape index (κ3) is 1.89. The quantitative estimate of drug-likeness (QED) is 0.872. The fraction of sp³-hybridized carbons (Fsp3) is 0.286. The van der Waals surface area contributed by atoms with Gasteiger partial charge >= 0.3 is 0 Å². The van der Waals surface area contributed by atoms with Crippen LogP contribution in [0.1, 0.15) is 30.1 Å². The minimum Gasteiger partial charge on any atom is -0.309 e. The Morgan fingerprint density at radius 3 is 3.17 bits per heavy atom. The van der Waals surface area contributed by atoms with Gasteiger partial charge < -0.3 is 9.88 Å². The number of nitrogens with one attached hydrogen (secondary N) is 1. The van der Waals surface area contributed by atoms with Gasteiger partial charge in [-0.2, -0.15) is 5.26 Å². The van der Waals surface area contributed by atoms with Gasteiger partial charge in [0.05, 0.1) is 29.9 Å². The van der Waals surface area contributed by atoms with Gasteiger partial charge in [0.25, 0.3) is 0 Å². The predicted molar refractivity (Wildman–Crippen MR) is 68.3 cm³/mol. The Bertz CT molecular complexity index is 588. The third-order valence-electron chi connectivity index (χ3n) is 3.34. The lowest BCUT2D eigenvalue weighted by Gasteiger charge is -2.14. The first-order valence-corrected chi connectivity index (χ1v) is 6.14. The number of hydrogen-bond acceptors (Lipinski definition) is 3. The molecule has 2 aromatic rings. The standard InChI is InChI=1S/C14H14N4/c15-8-11-3-1-4-12(7-11)18-10-16-9-14(18)13-5-2-6-17-13/h1,3-4,7,9-10,13,17H,2,5-6H2. The maximum atomic E-state index is 8.95. The van der Waals surface area contributed by atoms with Gasteiger partial charge in [-0.05, 0) is 37.6 Å². The molecule has 0 amide bonds. The summed E-state index contributed by atoms with van der Waals surface area (Å²) in [7, 11) is 0. The van der Waals surface area contributed by atoms with Crippen LogP contribution in [0.2, 0.25) is 0 Å². The lowest BCUT2D eigenvalue weighted by atomic mass is 10.1. The van der Waals surface area contributed by atoms with Crippen molar-refractivity contribution < 1.29 is 0 Å². The molecular formula is C14H14N4. The van der Waals surface area contributed by atoms with Crippen LogP contribution in [0.15, 0.2) is 36.8 Å². The molecule has 2 heterocycles. The van der Waals surface area contributed by atoms with Crippen LogP contribution in [0.25, 0.3) is 5.69 Å². The van der Waals surface area contributed by atoms with E-state index in [2.05, 4.69) is 20.9 Å². The number of nitriles is 1. The van der Waals surface area contributed by atoms with Crippen molar-refractivity contribution in [1.29, 1.82) is 5.26 Å². The molecule has 4 heteroatoms. The van der Waals surface area contributed by atoms with Gasteiger partial charge in [-0.3, -0.25) is 0 Å². The van der Waals surface area contributed by atoms with Gasteiger partial charge in [0.2, 0.25) is 0 Å². The second-order valence-corrected chi connectivity index (χ2v) is 4.50. The zero-order valence-electron chi connectivity index (χ0n) is 10.0. The van der Waals surface area contributed by atoms with Crippen molar-refractivity contribution in [2.45, 2.75) is 18.9 Å². The molecule has 1 aromatic carbocycles. The maximum Gasteiger partial charge on any atom is 0.0994 e. The van der Waals surface area contributed by atoms with Crippen LogP contribution in [0, 0.1) is 11.3 Å². The molecule has 0 saturated carbocycles. The molecule has 1 aliphatic rings. The number of nitrogens with zero attached hydrogens (tertiary/aromatic N) is 3. The van der Waals surface area contributed by atoms with E-state index in [0.717, 1.165) is 18.7 Å². The van der Waals surface area contributed by atoms with E-state index in [1.54, 1.807) is 0 Å². The summed E-state index contributed by atoms with van der Waals surface area (Å²) in [5.41, 5.74) is 2.84. The van der Waals surface area contributed by atoms with Crippen LogP contribution in [-0.2, 0) is 0 Å². The molecule has 0 aliphatic carbocycles. The third-order valence-corrected chi connectivity index (χ3v) is 3.34. The Hall–Kier alpha value is -2.12. The molecule has 1 atom stereocenters. The minimum absolute atomic E-state index is 0.373. The molecule has 0 spiro atoms. The summed E-state index contributed by atoms with van der Waals surface area (Å²) in [4.78, 5) is 4.24. The summed E-state index contributed by atoms with van der Waals surface area (Å²) in [6.07, 6.45) is 6.06. The molecule has 18 heavy (non-hydrogen) atoms. The second-order valence-electron chi connectivity index (χ2n) is 4.50. The van der Waals surface area contributed by atoms with Crippen molar-refractivity contribution in [2.75, 3.05) is 6.54 Å². The zero-order chi connectivity index (χ0) is 12.4. The summed E-state index contributed by atoms with van der Waals surface area (Å²) in [6, 6.07) is 10.1. The minimum atomic E-state index is 0.373. The van der Waals surface area contributed by atoms with Gasteiger partial charge in [0.1, 0.15) is 0 Å². The number of hydrogen-bond donors (Lipinski definition) is 1. The summed E-state index contributed by atoms with van der Waals surface area (Å²) < 4.78 is 2.06. The largest absolute Gasteiger partial charge is 0.309 e. The van der Waals surface area contributed by atoms with Crippen LogP contribution in [-0.4, -0.2) is 16.1 Å². The average Bonchev–Trinajstić information content (AvgIpc) is 3.09. The van der Waals surface area contributed by atoms with Crippen LogP contribution < -0.4 is 5.32 Å². The Kier molecular flexibility index (Phi) is 2.83. The number of benzene rings is 1. The highest BCUT2D eigenvalue weighted by Crippen LogP contribution is 2.25. The van der Waals surface area contributed by atoms with E-state index in [-0.39, 0.29) is 0 Å². The van der Waals surface area contributed by atoms with Crippen molar-refractivity contribution in [1.82, 2.24) is 14.9 Å². The number of imidazole rings is 1. The first-order valence-electron chi connectivity index (χ1n) is 6.14. The van der Waals surface area contributed by atoms with Crippen LogP contribution in [0.5, 0.6) is 0 Å². The molecule has 0 bridgehead atoms. The van der Waals surface area contributed by atoms with Crippen molar-refractivity contribution >= 4 is 0 Å². The average molecular weight is 238 g/mol. The lowest BCUT2D eigenvalue weighted by Crippen LogP contribution is -2.16. The Balaban J connectivity index is 2.01. The second kappa shape index (κ2) is 4.63. The fourth-order valence-corrected chi connectivity index (χ4v) is 2.44. The smallest absolute Gasteiger partial charge is 0.0994 e. The molecule has 1 aliphatic heterocycles. The van der Waals surface area contributed by atoms with Crippen molar-refractivity contribution in [3.05, 3.63) is 48.0 Å². The number of rotatable bonds is 2. The highest BCUT2D eigenvalue weighted by Gasteiger charge is 2.20. The van der Waals surface area contributed by atoms with Gasteiger partial charge in [-0.1, -0.05) is 6.07 Å². The zero-order valence-corrected chi connectivity index (χ0v) is 10.0. The van der Waals surface area contributed by atoms with E-state index < -0.39 is 0 Å². The maximum absolute atomic E-state index is 8.95. The van der Waals surface area contributed by atoms with Crippen LogP contribution in [0.4, 0.5) is 0 Å². The molecule has 1 N–H and O–H groups in total. The summed E-state index contributed by atoms with van der Waals surface area (Å²) in [5, 5.41) is 12.4. The van der Waals surface area contributed by atoms with Crippen molar-refractivity contribution in [2.24, 2.45) is 0 Å². The molecule has 3 rings (SSSR count). The first kappa shape index (κ1) is 11.0. The summed E-state index contributed by atoms with van der Waals surface area (Å²) in [6.45, 7) is 1.06. The first-order chi connectivity index (χ1) is 8.88. The monoisotopic (exact) mass is 238 g/mol. The normalized spacial score (nSPS) is 18.7. The van der Waals surface area contributed by atoms with E-state index >= 15 is 0 Å². The van der Waals surface area contributed by atoms with E-state index in [9.17, 15) is 0 Å². The molecule has 1 saturated heterocycles. The molecule has 90 valence electrons. The van der Waals surface area contributed by atoms with Crippen molar-refractivity contribution in [3.8, 4) is 11.8 Å². The van der Waals surface area contributed by atoms with Gasteiger partial charge in [0, 0.05) is 11.7 Å². The Morgan fingerprint density at radius 1 is 1.44 bits per heavy atom. The summed E-state index contributed by atoms with van der Waals surface area (Å²) in [5.74, 6) is 0. The molecule has 1 fully saturated rings. The summed E-state index contributed by atoms with van der Waals surface area (Å²) >= 11 is 0. The molecule has 0 radical (unpaired) electrons. The van der Waals surface area contributed by atoms with Crippen LogP contribution >= 0.6 is 0 Å². The van der Waals surface area contributed by atoms with Gasteiger partial charge in [-0.15, -0.1) is 0 Å². The molecule has 4 nitrogen and oxygen atoms in total. The highest BCUT2D eigenvalue weighted by molar-refractivity contribution is 5.42. The Morgan fingerprint density at radius 2 is 2.39 bits per heavy atom. The Labute approximate surface area is 106 Å². The van der Waals surface area contributed by atoms with E-state index in [4.69, 9.17) is 5.26 Å². The SMILES string of the molecule is N#Cc1cccc(-n2cncc2C2CCCN2)c1. The van der Waals surface area contributed by atoms with Gasteiger partial charge in [0.15, 0.2) is 0 Å². The van der Waals surface area contributed by atoms with E-state index in [1.165, 1.54) is 12.1 Å². The predicted octanol–water partition coefficient (Wildman–Crippen LogP) is 2.17. The topological polar surface area (TPSA) is 53.6 Å².